The molecule has 0 atom stereocenters. The van der Waals surface area contributed by atoms with Crippen LogP contribution in [0.1, 0.15) is 12.5 Å². The average Bonchev–Trinajstić information content (AvgIpc) is 2.69. The minimum atomic E-state index is -3.73. The van der Waals surface area contributed by atoms with Gasteiger partial charge in [-0.1, -0.05) is 12.1 Å². The van der Waals surface area contributed by atoms with Gasteiger partial charge in [0.2, 0.25) is 10.0 Å². The van der Waals surface area contributed by atoms with Crippen LogP contribution in [0.2, 0.25) is 0 Å². The third-order valence-corrected chi connectivity index (χ3v) is 5.01. The molecule has 0 aliphatic carbocycles. The molecule has 154 valence electrons. The quantitative estimate of drug-likeness (QED) is 0.394. The molecular formula is C18H20N4O6S. The maximum absolute atomic E-state index is 12.3. The van der Waals surface area contributed by atoms with Gasteiger partial charge in [-0.3, -0.25) is 19.2 Å². The van der Waals surface area contributed by atoms with Gasteiger partial charge in [-0.05, 0) is 31.2 Å². The number of sulfonamides is 1. The number of rotatable bonds is 8. The van der Waals surface area contributed by atoms with Gasteiger partial charge in [0.1, 0.15) is 12.3 Å². The van der Waals surface area contributed by atoms with E-state index in [2.05, 4.69) is 10.5 Å². The van der Waals surface area contributed by atoms with Crippen LogP contribution in [0.4, 0.5) is 11.4 Å². The molecule has 2 aromatic rings. The number of methoxy groups -OCH3 is 1. The van der Waals surface area contributed by atoms with Crippen molar-refractivity contribution in [3.63, 3.8) is 0 Å². The molecule has 1 amide bonds. The summed E-state index contributed by atoms with van der Waals surface area (Å²) >= 11 is 0. The Morgan fingerprint density at radius 1 is 1.24 bits per heavy atom. The maximum atomic E-state index is 12.3. The van der Waals surface area contributed by atoms with Crippen LogP contribution in [-0.2, 0) is 14.8 Å². The highest BCUT2D eigenvalue weighted by atomic mass is 32.2. The first-order valence-electron chi connectivity index (χ1n) is 8.31. The smallest absolute Gasteiger partial charge is 0.270 e. The standard InChI is InChI=1S/C18H20N4O6S/c1-13(14-5-4-6-16(11-14)22(24)25)19-20-18(23)12-21(29(3,26)27)15-7-9-17(28-2)10-8-15/h4-11H,12H2,1-3H3,(H,20,23)/b19-13-. The van der Waals surface area contributed by atoms with Gasteiger partial charge in [-0.25, -0.2) is 13.8 Å². The number of benzene rings is 2. The summed E-state index contributed by atoms with van der Waals surface area (Å²) in [7, 11) is -2.25. The fraction of sp³-hybridized carbons (Fsp3) is 0.222. The average molecular weight is 420 g/mol. The number of carbonyl (C=O) groups is 1. The van der Waals surface area contributed by atoms with Crippen LogP contribution in [0.3, 0.4) is 0 Å². The number of nitrogens with zero attached hydrogens (tertiary/aromatic N) is 3. The van der Waals surface area contributed by atoms with Crippen molar-refractivity contribution in [3.05, 3.63) is 64.2 Å². The molecule has 29 heavy (non-hydrogen) atoms. The lowest BCUT2D eigenvalue weighted by atomic mass is 10.1. The zero-order valence-corrected chi connectivity index (χ0v) is 16.8. The number of hydrogen-bond donors (Lipinski definition) is 1. The summed E-state index contributed by atoms with van der Waals surface area (Å²) in [6.07, 6.45) is 0.988. The second kappa shape index (κ2) is 9.15. The minimum Gasteiger partial charge on any atom is -0.497 e. The number of hydrogen-bond acceptors (Lipinski definition) is 7. The van der Waals surface area contributed by atoms with Crippen molar-refractivity contribution < 1.29 is 22.9 Å². The number of carbonyl (C=O) groups excluding carboxylic acids is 1. The lowest BCUT2D eigenvalue weighted by Crippen LogP contribution is -2.39. The highest BCUT2D eigenvalue weighted by Gasteiger charge is 2.21. The van der Waals surface area contributed by atoms with Gasteiger partial charge >= 0.3 is 0 Å². The summed E-state index contributed by atoms with van der Waals surface area (Å²) in [6, 6.07) is 12.0. The van der Waals surface area contributed by atoms with E-state index in [4.69, 9.17) is 4.74 Å². The number of amides is 1. The predicted octanol–water partition coefficient (Wildman–Crippen LogP) is 1.91. The molecule has 0 aliphatic rings. The van der Waals surface area contributed by atoms with Crippen LogP contribution in [-0.4, -0.2) is 44.9 Å². The fourth-order valence-electron chi connectivity index (χ4n) is 2.37. The summed E-state index contributed by atoms with van der Waals surface area (Å²) in [4.78, 5) is 22.6. The van der Waals surface area contributed by atoms with Gasteiger partial charge in [0, 0.05) is 17.7 Å². The molecule has 11 heteroatoms. The number of anilines is 1. The Balaban J connectivity index is 2.14. The number of nitro benzene ring substituents is 1. The Bertz CT molecular complexity index is 1030. The predicted molar refractivity (Wildman–Crippen MR) is 109 cm³/mol. The summed E-state index contributed by atoms with van der Waals surface area (Å²) in [5, 5.41) is 14.8. The van der Waals surface area contributed by atoms with Gasteiger partial charge in [0.15, 0.2) is 0 Å². The molecule has 0 spiro atoms. The van der Waals surface area contributed by atoms with Gasteiger partial charge in [-0.15, -0.1) is 0 Å². The van der Waals surface area contributed by atoms with Crippen LogP contribution in [0, 0.1) is 10.1 Å². The second-order valence-corrected chi connectivity index (χ2v) is 7.91. The molecule has 0 aromatic heterocycles. The van der Waals surface area contributed by atoms with E-state index in [0.717, 1.165) is 10.6 Å². The monoisotopic (exact) mass is 420 g/mol. The molecule has 0 fully saturated rings. The Morgan fingerprint density at radius 3 is 2.45 bits per heavy atom. The van der Waals surface area contributed by atoms with Crippen LogP contribution in [0.5, 0.6) is 5.75 Å². The SMILES string of the molecule is COc1ccc(N(CC(=O)N/N=C(/C)c2cccc([N+](=O)[O-])c2)S(C)(=O)=O)cc1. The Hall–Kier alpha value is -3.47. The zero-order valence-electron chi connectivity index (χ0n) is 16.0. The highest BCUT2D eigenvalue weighted by molar-refractivity contribution is 7.92. The molecule has 0 aliphatic heterocycles. The lowest BCUT2D eigenvalue weighted by molar-refractivity contribution is -0.384. The van der Waals surface area contributed by atoms with Gasteiger partial charge in [0.25, 0.3) is 11.6 Å². The highest BCUT2D eigenvalue weighted by Crippen LogP contribution is 2.21. The Labute approximate surface area is 168 Å². The first-order chi connectivity index (χ1) is 13.6. The topological polar surface area (TPSA) is 131 Å². The van der Waals surface area contributed by atoms with Crippen molar-refractivity contribution in [1.29, 1.82) is 0 Å². The fourth-order valence-corrected chi connectivity index (χ4v) is 3.23. The minimum absolute atomic E-state index is 0.105. The molecule has 0 radical (unpaired) electrons. The first-order valence-corrected chi connectivity index (χ1v) is 10.2. The third kappa shape index (κ3) is 6.01. The zero-order chi connectivity index (χ0) is 21.6. The molecule has 0 bridgehead atoms. The number of non-ortho nitro benzene ring substituents is 1. The third-order valence-electron chi connectivity index (χ3n) is 3.87. The maximum Gasteiger partial charge on any atom is 0.270 e. The number of nitro groups is 1. The van der Waals surface area contributed by atoms with Gasteiger partial charge in [0.05, 0.1) is 29.7 Å². The van der Waals surface area contributed by atoms with Crippen molar-refractivity contribution in [2.45, 2.75) is 6.92 Å². The van der Waals surface area contributed by atoms with E-state index in [1.807, 2.05) is 0 Å². The van der Waals surface area contributed by atoms with E-state index >= 15 is 0 Å². The molecule has 2 aromatic carbocycles. The largest absolute Gasteiger partial charge is 0.497 e. The molecular weight excluding hydrogens is 400 g/mol. The van der Waals surface area contributed by atoms with Crippen molar-refractivity contribution in [2.24, 2.45) is 5.10 Å². The molecule has 0 saturated heterocycles. The van der Waals surface area contributed by atoms with Crippen molar-refractivity contribution >= 4 is 33.0 Å². The molecule has 0 saturated carbocycles. The number of ether oxygens (including phenoxy) is 1. The number of hydrazone groups is 1. The second-order valence-electron chi connectivity index (χ2n) is 6.01. The normalized spacial score (nSPS) is 11.6. The van der Waals surface area contributed by atoms with E-state index < -0.39 is 27.4 Å². The van der Waals surface area contributed by atoms with E-state index in [-0.39, 0.29) is 5.69 Å². The van der Waals surface area contributed by atoms with E-state index in [1.165, 1.54) is 37.4 Å². The first kappa shape index (κ1) is 21.8. The van der Waals surface area contributed by atoms with E-state index in [0.29, 0.717) is 22.7 Å². The molecule has 0 unspecified atom stereocenters. The molecule has 10 nitrogen and oxygen atoms in total. The summed E-state index contributed by atoms with van der Waals surface area (Å²) in [5.74, 6) is -0.125. The number of nitrogens with one attached hydrogen (secondary N) is 1. The van der Waals surface area contributed by atoms with Crippen LogP contribution >= 0.6 is 0 Å². The lowest BCUT2D eigenvalue weighted by Gasteiger charge is -2.21. The van der Waals surface area contributed by atoms with Gasteiger partial charge < -0.3 is 4.74 Å². The van der Waals surface area contributed by atoms with Crippen molar-refractivity contribution in [1.82, 2.24) is 5.43 Å². The summed E-state index contributed by atoms with van der Waals surface area (Å²) < 4.78 is 30.2. The molecule has 1 N–H and O–H groups in total. The van der Waals surface area contributed by atoms with Crippen LogP contribution in [0.25, 0.3) is 0 Å². The molecule has 2 rings (SSSR count). The Morgan fingerprint density at radius 2 is 1.90 bits per heavy atom. The van der Waals surface area contributed by atoms with Crippen LogP contribution < -0.4 is 14.5 Å². The Kier molecular flexibility index (Phi) is 6.89. The summed E-state index contributed by atoms with van der Waals surface area (Å²) in [6.45, 7) is 1.08. The van der Waals surface area contributed by atoms with E-state index in [1.54, 1.807) is 25.1 Å². The van der Waals surface area contributed by atoms with Crippen molar-refractivity contribution in [2.75, 3.05) is 24.2 Å². The van der Waals surface area contributed by atoms with Crippen molar-refractivity contribution in [3.8, 4) is 5.75 Å². The molecule has 0 heterocycles. The van der Waals surface area contributed by atoms with E-state index in [9.17, 15) is 23.3 Å². The summed E-state index contributed by atoms with van der Waals surface area (Å²) in [5.41, 5.74) is 3.25. The van der Waals surface area contributed by atoms with Gasteiger partial charge in [-0.2, -0.15) is 5.10 Å². The van der Waals surface area contributed by atoms with Crippen LogP contribution in [0.15, 0.2) is 53.6 Å².